The molecular weight excluding hydrogens is 249 g/mol. The van der Waals surface area contributed by atoms with Crippen LogP contribution in [-0.4, -0.2) is 6.29 Å². The van der Waals surface area contributed by atoms with Gasteiger partial charge in [-0.1, -0.05) is 31.9 Å². The molecule has 1 nitrogen and oxygen atoms in total. The minimum Gasteiger partial charge on any atom is -0.300 e. The Morgan fingerprint density at radius 3 is 2.64 bits per heavy atom. The smallest absolute Gasteiger partial charge is 0.126 e. The Hall–Kier alpha value is -0.266. The van der Waals surface area contributed by atoms with E-state index < -0.39 is 0 Å². The van der Waals surface area contributed by atoms with E-state index in [4.69, 9.17) is 0 Å². The largest absolute Gasteiger partial charge is 0.300 e. The number of allylic oxidation sites excluding steroid dienone is 1. The van der Waals surface area contributed by atoms with Crippen molar-refractivity contribution in [1.82, 2.24) is 0 Å². The van der Waals surface area contributed by atoms with Crippen LogP contribution in [0, 0.1) is 19.9 Å². The average molecular weight is 262 g/mol. The second-order valence-electron chi connectivity index (χ2n) is 3.10. The summed E-state index contributed by atoms with van der Waals surface area (Å²) in [6.07, 6.45) is 3.45. The Bertz CT molecular complexity index is 342. The van der Waals surface area contributed by atoms with E-state index in [0.717, 1.165) is 35.0 Å². The Kier molecular flexibility index (Phi) is 6.14. The molecule has 0 unspecified atom stereocenters. The maximum atomic E-state index is 10.8. The summed E-state index contributed by atoms with van der Waals surface area (Å²) < 4.78 is 0. The van der Waals surface area contributed by atoms with Gasteiger partial charge in [-0.25, -0.2) is 0 Å². The van der Waals surface area contributed by atoms with Crippen molar-refractivity contribution in [1.29, 1.82) is 0 Å². The van der Waals surface area contributed by atoms with E-state index in [1.165, 1.54) is 0 Å². The fourth-order valence-electron chi connectivity index (χ4n) is 1.39. The molecule has 0 aliphatic carbocycles. The van der Waals surface area contributed by atoms with Crippen molar-refractivity contribution in [3.63, 3.8) is 0 Å². The molecule has 0 aliphatic rings. The minimum absolute atomic E-state index is 0. The predicted octanol–water partition coefficient (Wildman–Crippen LogP) is 2.64. The number of aldehydes is 1. The van der Waals surface area contributed by atoms with E-state index in [9.17, 15) is 4.79 Å². The summed E-state index contributed by atoms with van der Waals surface area (Å²) in [6, 6.07) is 4.97. The second-order valence-corrected chi connectivity index (χ2v) is 3.10. The van der Waals surface area contributed by atoms with E-state index in [-0.39, 0.29) is 32.7 Å². The number of hydrogen-bond donors (Lipinski definition) is 0. The third-order valence-corrected chi connectivity index (χ3v) is 2.17. The van der Waals surface area contributed by atoms with Crippen LogP contribution in [0.25, 0.3) is 0 Å². The fraction of sp³-hybridized carbons (Fsp3) is 0.250. The Morgan fingerprint density at radius 2 is 2.14 bits per heavy atom. The first-order valence-electron chi connectivity index (χ1n) is 4.27. The van der Waals surface area contributed by atoms with Crippen molar-refractivity contribution in [3.05, 3.63) is 47.0 Å². The van der Waals surface area contributed by atoms with E-state index in [1.807, 2.05) is 26.0 Å². The quantitative estimate of drug-likeness (QED) is 0.465. The first kappa shape index (κ1) is 13.7. The average Bonchev–Trinajstić information content (AvgIpc) is 2.12. The van der Waals surface area contributed by atoms with Gasteiger partial charge in [-0.2, -0.15) is 17.7 Å². The minimum atomic E-state index is 0. The van der Waals surface area contributed by atoms with Gasteiger partial charge in [0.15, 0.2) is 0 Å². The predicted molar refractivity (Wildman–Crippen MR) is 54.0 cm³/mol. The van der Waals surface area contributed by atoms with Gasteiger partial charge < -0.3 is 4.79 Å². The van der Waals surface area contributed by atoms with E-state index in [1.54, 1.807) is 0 Å². The van der Waals surface area contributed by atoms with Crippen molar-refractivity contribution in [2.45, 2.75) is 20.3 Å². The van der Waals surface area contributed by atoms with Crippen LogP contribution in [0.1, 0.15) is 27.0 Å². The zero-order valence-corrected chi connectivity index (χ0v) is 11.5. The van der Waals surface area contributed by atoms with Gasteiger partial charge in [0.2, 0.25) is 0 Å². The van der Waals surface area contributed by atoms with E-state index in [2.05, 4.69) is 12.6 Å². The SMILES string of the molecule is C=CCc1c(C)[c-]cc(C)c1C=O.[Y]. The molecule has 1 aromatic carbocycles. The maximum absolute atomic E-state index is 10.8. The van der Waals surface area contributed by atoms with Crippen molar-refractivity contribution < 1.29 is 37.5 Å². The first-order chi connectivity index (χ1) is 6.20. The fourth-order valence-corrected chi connectivity index (χ4v) is 1.39. The summed E-state index contributed by atoms with van der Waals surface area (Å²) >= 11 is 0. The summed E-state index contributed by atoms with van der Waals surface area (Å²) in [5, 5.41) is 0. The van der Waals surface area contributed by atoms with E-state index >= 15 is 0 Å². The monoisotopic (exact) mass is 262 g/mol. The van der Waals surface area contributed by atoms with Gasteiger partial charge in [-0.05, 0) is 0 Å². The van der Waals surface area contributed by atoms with Gasteiger partial charge in [0.25, 0.3) is 0 Å². The molecule has 0 amide bonds. The molecule has 0 fully saturated rings. The number of aryl methyl sites for hydroxylation is 2. The van der Waals surface area contributed by atoms with Crippen LogP contribution in [0.4, 0.5) is 0 Å². The van der Waals surface area contributed by atoms with Crippen molar-refractivity contribution in [3.8, 4) is 0 Å². The molecule has 1 radical (unpaired) electrons. The molecule has 0 saturated heterocycles. The molecule has 0 spiro atoms. The molecule has 0 aromatic heterocycles. The second kappa shape index (κ2) is 6.26. The van der Waals surface area contributed by atoms with Gasteiger partial charge in [-0.3, -0.25) is 0 Å². The van der Waals surface area contributed by atoms with Crippen LogP contribution >= 0.6 is 0 Å². The van der Waals surface area contributed by atoms with Crippen LogP contribution in [0.15, 0.2) is 18.7 Å². The Balaban J connectivity index is 0.00000169. The Labute approximate surface area is 110 Å². The standard InChI is InChI=1S/C12H13O.Y/c1-4-5-11-9(2)6-7-10(3)12(11)8-13;/h4,7-8H,1,5H2,2-3H3;/q-1;. The first-order valence-corrected chi connectivity index (χ1v) is 4.27. The van der Waals surface area contributed by atoms with Crippen molar-refractivity contribution in [2.24, 2.45) is 0 Å². The normalized spacial score (nSPS) is 9.00. The number of benzene rings is 1. The van der Waals surface area contributed by atoms with Crippen molar-refractivity contribution >= 4 is 6.29 Å². The third-order valence-electron chi connectivity index (χ3n) is 2.17. The number of carbonyl (C=O) groups excluding carboxylic acids is 1. The van der Waals surface area contributed by atoms with Crippen LogP contribution < -0.4 is 0 Å². The number of hydrogen-bond acceptors (Lipinski definition) is 1. The molecule has 0 atom stereocenters. The molecule has 2 heteroatoms. The summed E-state index contributed by atoms with van der Waals surface area (Å²) in [5.41, 5.74) is 3.85. The third kappa shape index (κ3) is 2.86. The molecule has 0 bridgehead atoms. The molecule has 1 aromatic rings. The molecule has 0 heterocycles. The summed E-state index contributed by atoms with van der Waals surface area (Å²) in [4.78, 5) is 10.8. The summed E-state index contributed by atoms with van der Waals surface area (Å²) in [7, 11) is 0. The van der Waals surface area contributed by atoms with Crippen LogP contribution in [0.3, 0.4) is 0 Å². The summed E-state index contributed by atoms with van der Waals surface area (Å²) in [5.74, 6) is 0. The molecular formula is C12H13OY-. The maximum Gasteiger partial charge on any atom is 0.126 e. The van der Waals surface area contributed by atoms with E-state index in [0.29, 0.717) is 0 Å². The van der Waals surface area contributed by atoms with Crippen molar-refractivity contribution in [2.75, 3.05) is 0 Å². The number of rotatable bonds is 3. The van der Waals surface area contributed by atoms with Crippen LogP contribution in [0.5, 0.6) is 0 Å². The molecule has 1 rings (SSSR count). The van der Waals surface area contributed by atoms with Gasteiger partial charge in [0, 0.05) is 32.7 Å². The molecule has 0 saturated carbocycles. The molecule has 14 heavy (non-hydrogen) atoms. The molecule has 0 aliphatic heterocycles. The summed E-state index contributed by atoms with van der Waals surface area (Å²) in [6.45, 7) is 7.56. The van der Waals surface area contributed by atoms with Gasteiger partial charge in [0.05, 0.1) is 0 Å². The van der Waals surface area contributed by atoms with Gasteiger partial charge >= 0.3 is 0 Å². The topological polar surface area (TPSA) is 17.1 Å². The van der Waals surface area contributed by atoms with Gasteiger partial charge in [0.1, 0.15) is 6.29 Å². The number of carbonyl (C=O) groups is 1. The van der Waals surface area contributed by atoms with Crippen LogP contribution in [-0.2, 0) is 39.1 Å². The molecule has 71 valence electrons. The van der Waals surface area contributed by atoms with Crippen LogP contribution in [0.2, 0.25) is 0 Å². The Morgan fingerprint density at radius 1 is 1.50 bits per heavy atom. The zero-order chi connectivity index (χ0) is 9.84. The molecule has 0 N–H and O–H groups in total. The zero-order valence-electron chi connectivity index (χ0n) is 8.63. The van der Waals surface area contributed by atoms with Gasteiger partial charge in [-0.15, -0.1) is 17.7 Å².